The number of carboxylic acids is 1. The predicted molar refractivity (Wildman–Crippen MR) is 67.8 cm³/mol. The summed E-state index contributed by atoms with van der Waals surface area (Å²) in [5.74, 6) is -0.634. The van der Waals surface area contributed by atoms with E-state index in [-0.39, 0.29) is 10.7 Å². The fraction of sp³-hybridized carbons (Fsp3) is 0.0833. The van der Waals surface area contributed by atoms with E-state index in [2.05, 4.69) is 15.3 Å². The summed E-state index contributed by atoms with van der Waals surface area (Å²) in [6.45, 7) is 0.452. The lowest BCUT2D eigenvalue weighted by molar-refractivity contribution is 0.0697. The number of anilines is 1. The molecular formula is C12H10ClN3O2. The quantitative estimate of drug-likeness (QED) is 0.829. The molecule has 2 aromatic rings. The summed E-state index contributed by atoms with van der Waals surface area (Å²) in [4.78, 5) is 19.0. The van der Waals surface area contributed by atoms with Gasteiger partial charge < -0.3 is 10.4 Å². The van der Waals surface area contributed by atoms with Crippen molar-refractivity contribution in [2.45, 2.75) is 6.54 Å². The van der Waals surface area contributed by atoms with Crippen LogP contribution in [0.4, 0.5) is 5.82 Å². The molecule has 0 spiro atoms. The van der Waals surface area contributed by atoms with Gasteiger partial charge in [0, 0.05) is 6.20 Å². The summed E-state index contributed by atoms with van der Waals surface area (Å²) in [6, 6.07) is 8.28. The Balaban J connectivity index is 2.12. The van der Waals surface area contributed by atoms with E-state index < -0.39 is 5.97 Å². The van der Waals surface area contributed by atoms with Gasteiger partial charge in [-0.05, 0) is 24.3 Å². The first-order valence-electron chi connectivity index (χ1n) is 5.20. The van der Waals surface area contributed by atoms with Crippen molar-refractivity contribution < 1.29 is 9.90 Å². The van der Waals surface area contributed by atoms with Gasteiger partial charge in [-0.15, -0.1) is 0 Å². The molecule has 0 aliphatic rings. The zero-order chi connectivity index (χ0) is 13.0. The molecule has 0 atom stereocenters. The first-order valence-corrected chi connectivity index (χ1v) is 5.57. The van der Waals surface area contributed by atoms with Crippen molar-refractivity contribution >= 4 is 23.4 Å². The van der Waals surface area contributed by atoms with Crippen LogP contribution in [0.15, 0.2) is 36.5 Å². The predicted octanol–water partition coefficient (Wildman–Crippen LogP) is 2.44. The van der Waals surface area contributed by atoms with Crippen LogP contribution in [-0.2, 0) is 6.54 Å². The molecule has 6 heteroatoms. The Hall–Kier alpha value is -2.14. The zero-order valence-electron chi connectivity index (χ0n) is 9.30. The average Bonchev–Trinajstić information content (AvgIpc) is 2.37. The van der Waals surface area contributed by atoms with Crippen molar-refractivity contribution in [3.63, 3.8) is 0 Å². The van der Waals surface area contributed by atoms with Crippen molar-refractivity contribution in [2.24, 2.45) is 0 Å². The lowest BCUT2D eigenvalue weighted by Crippen LogP contribution is -2.05. The molecule has 2 aromatic heterocycles. The molecule has 0 radical (unpaired) electrons. The molecule has 2 rings (SSSR count). The molecule has 0 unspecified atom stereocenters. The second-order valence-corrected chi connectivity index (χ2v) is 3.93. The summed E-state index contributed by atoms with van der Waals surface area (Å²) < 4.78 is 0. The van der Waals surface area contributed by atoms with Gasteiger partial charge in [0.1, 0.15) is 11.0 Å². The topological polar surface area (TPSA) is 75.1 Å². The SMILES string of the molecule is O=C(O)c1cc(Cl)nc(NCc2ccccn2)c1. The van der Waals surface area contributed by atoms with E-state index in [4.69, 9.17) is 16.7 Å². The summed E-state index contributed by atoms with van der Waals surface area (Å²) in [7, 11) is 0. The average molecular weight is 264 g/mol. The minimum absolute atomic E-state index is 0.0959. The molecule has 0 fully saturated rings. The third kappa shape index (κ3) is 3.18. The van der Waals surface area contributed by atoms with E-state index in [0.29, 0.717) is 12.4 Å². The van der Waals surface area contributed by atoms with Crippen LogP contribution in [-0.4, -0.2) is 21.0 Å². The van der Waals surface area contributed by atoms with Crippen LogP contribution in [0.2, 0.25) is 5.15 Å². The van der Waals surface area contributed by atoms with Gasteiger partial charge in [0.15, 0.2) is 0 Å². The highest BCUT2D eigenvalue weighted by molar-refractivity contribution is 6.29. The molecule has 0 aliphatic heterocycles. The number of nitrogens with zero attached hydrogens (tertiary/aromatic N) is 2. The lowest BCUT2D eigenvalue weighted by Gasteiger charge is -2.06. The Morgan fingerprint density at radius 2 is 2.22 bits per heavy atom. The highest BCUT2D eigenvalue weighted by atomic mass is 35.5. The van der Waals surface area contributed by atoms with Gasteiger partial charge >= 0.3 is 5.97 Å². The minimum Gasteiger partial charge on any atom is -0.478 e. The van der Waals surface area contributed by atoms with E-state index in [9.17, 15) is 4.79 Å². The van der Waals surface area contributed by atoms with Crippen LogP contribution < -0.4 is 5.32 Å². The number of pyridine rings is 2. The maximum atomic E-state index is 10.9. The highest BCUT2D eigenvalue weighted by Crippen LogP contribution is 2.15. The Kier molecular flexibility index (Phi) is 3.74. The molecule has 0 aromatic carbocycles. The monoisotopic (exact) mass is 263 g/mol. The van der Waals surface area contributed by atoms with Crippen molar-refractivity contribution in [1.29, 1.82) is 0 Å². The minimum atomic E-state index is -1.04. The number of rotatable bonds is 4. The van der Waals surface area contributed by atoms with Gasteiger partial charge in [-0.25, -0.2) is 9.78 Å². The maximum Gasteiger partial charge on any atom is 0.335 e. The summed E-state index contributed by atoms with van der Waals surface area (Å²) >= 11 is 5.75. The van der Waals surface area contributed by atoms with Crippen LogP contribution in [0.3, 0.4) is 0 Å². The molecule has 2 heterocycles. The fourth-order valence-corrected chi connectivity index (χ4v) is 1.60. The number of carbonyl (C=O) groups is 1. The van der Waals surface area contributed by atoms with Crippen LogP contribution in [0.5, 0.6) is 0 Å². The normalized spacial score (nSPS) is 10.1. The molecule has 0 saturated heterocycles. The smallest absolute Gasteiger partial charge is 0.335 e. The van der Waals surface area contributed by atoms with Crippen molar-refractivity contribution in [3.8, 4) is 0 Å². The molecule has 92 valence electrons. The Morgan fingerprint density at radius 3 is 2.89 bits per heavy atom. The molecule has 2 N–H and O–H groups in total. The van der Waals surface area contributed by atoms with Crippen molar-refractivity contribution in [3.05, 3.63) is 52.9 Å². The number of carboxylic acid groups (broad SMARTS) is 1. The first kappa shape index (κ1) is 12.3. The first-order chi connectivity index (χ1) is 8.65. The Bertz CT molecular complexity index is 561. The van der Waals surface area contributed by atoms with Gasteiger partial charge in [-0.3, -0.25) is 4.98 Å². The van der Waals surface area contributed by atoms with Gasteiger partial charge in [-0.2, -0.15) is 0 Å². The number of aromatic nitrogens is 2. The van der Waals surface area contributed by atoms with Gasteiger partial charge in [0.05, 0.1) is 17.8 Å². The molecule has 18 heavy (non-hydrogen) atoms. The zero-order valence-corrected chi connectivity index (χ0v) is 10.1. The number of nitrogens with one attached hydrogen (secondary N) is 1. The molecule has 0 bridgehead atoms. The second-order valence-electron chi connectivity index (χ2n) is 3.54. The van der Waals surface area contributed by atoms with Crippen LogP contribution in [0, 0.1) is 0 Å². The second kappa shape index (κ2) is 5.46. The molecule has 0 amide bonds. The fourth-order valence-electron chi connectivity index (χ4n) is 1.39. The van der Waals surface area contributed by atoms with Crippen LogP contribution >= 0.6 is 11.6 Å². The lowest BCUT2D eigenvalue weighted by atomic mass is 10.2. The summed E-state index contributed by atoms with van der Waals surface area (Å²) in [6.07, 6.45) is 1.69. The molecule has 0 saturated carbocycles. The van der Waals surface area contributed by atoms with E-state index in [0.717, 1.165) is 5.69 Å². The third-order valence-electron chi connectivity index (χ3n) is 2.22. The van der Waals surface area contributed by atoms with E-state index in [1.165, 1.54) is 12.1 Å². The van der Waals surface area contributed by atoms with Gasteiger partial charge in [0.25, 0.3) is 0 Å². The van der Waals surface area contributed by atoms with E-state index in [1.807, 2.05) is 18.2 Å². The number of hydrogen-bond acceptors (Lipinski definition) is 4. The highest BCUT2D eigenvalue weighted by Gasteiger charge is 2.07. The van der Waals surface area contributed by atoms with Gasteiger partial charge in [-0.1, -0.05) is 17.7 Å². The van der Waals surface area contributed by atoms with Crippen molar-refractivity contribution in [1.82, 2.24) is 9.97 Å². The summed E-state index contributed by atoms with van der Waals surface area (Å²) in [5, 5.41) is 12.0. The van der Waals surface area contributed by atoms with Crippen LogP contribution in [0.25, 0.3) is 0 Å². The number of aromatic carboxylic acids is 1. The molecular weight excluding hydrogens is 254 g/mol. The Labute approximate surface area is 108 Å². The molecule has 0 aliphatic carbocycles. The van der Waals surface area contributed by atoms with Crippen LogP contribution in [0.1, 0.15) is 16.1 Å². The standard InChI is InChI=1S/C12H10ClN3O2/c13-10-5-8(12(17)18)6-11(16-10)15-7-9-3-1-2-4-14-9/h1-6H,7H2,(H,15,16)(H,17,18). The molecule has 5 nitrogen and oxygen atoms in total. The number of hydrogen-bond donors (Lipinski definition) is 2. The van der Waals surface area contributed by atoms with Crippen molar-refractivity contribution in [2.75, 3.05) is 5.32 Å². The van der Waals surface area contributed by atoms with Gasteiger partial charge in [0.2, 0.25) is 0 Å². The maximum absolute atomic E-state index is 10.9. The Morgan fingerprint density at radius 1 is 1.39 bits per heavy atom. The van der Waals surface area contributed by atoms with E-state index >= 15 is 0 Å². The largest absolute Gasteiger partial charge is 0.478 e. The third-order valence-corrected chi connectivity index (χ3v) is 2.41. The van der Waals surface area contributed by atoms with E-state index in [1.54, 1.807) is 6.20 Å². The number of halogens is 1. The summed E-state index contributed by atoms with van der Waals surface area (Å²) in [5.41, 5.74) is 0.926.